The molecule has 0 unspecified atom stereocenters. The van der Waals surface area contributed by atoms with Crippen LogP contribution >= 0.6 is 11.3 Å². The molecule has 1 aliphatic rings. The normalized spacial score (nSPS) is 18.7. The standard InChI is InChI=1S/C21H21F2N3O3S2/c1-12-3-4-17-5-6-18(25-31(2,28)29)19(26(17)21(12)27)10-16-11-30-20(24-16)13-7-14(22)9-15(23)8-13/h3-4,7-9,11,18-19,25H,5-6,10H2,1-2H3/t18-,19-/m0/s1. The lowest BCUT2D eigenvalue weighted by molar-refractivity contribution is 0.313. The van der Waals surface area contributed by atoms with Crippen LogP contribution in [-0.4, -0.2) is 30.3 Å². The minimum atomic E-state index is -3.49. The molecule has 3 aromatic rings. The zero-order valence-electron chi connectivity index (χ0n) is 16.9. The van der Waals surface area contributed by atoms with Crippen LogP contribution in [0.25, 0.3) is 10.6 Å². The van der Waals surface area contributed by atoms with Gasteiger partial charge in [0.2, 0.25) is 10.0 Å². The van der Waals surface area contributed by atoms with Gasteiger partial charge in [-0.2, -0.15) is 0 Å². The number of halogens is 2. The third kappa shape index (κ3) is 4.76. The maximum atomic E-state index is 13.6. The molecule has 0 amide bonds. The Morgan fingerprint density at radius 1 is 1.23 bits per heavy atom. The number of nitrogens with one attached hydrogen (secondary N) is 1. The van der Waals surface area contributed by atoms with Crippen LogP contribution in [0.5, 0.6) is 0 Å². The van der Waals surface area contributed by atoms with Crippen LogP contribution in [-0.2, 0) is 22.9 Å². The molecule has 1 aromatic carbocycles. The van der Waals surface area contributed by atoms with Crippen molar-refractivity contribution in [3.63, 3.8) is 0 Å². The van der Waals surface area contributed by atoms with Crippen molar-refractivity contribution >= 4 is 21.4 Å². The van der Waals surface area contributed by atoms with E-state index in [9.17, 15) is 22.0 Å². The van der Waals surface area contributed by atoms with E-state index >= 15 is 0 Å². The molecule has 0 aliphatic carbocycles. The van der Waals surface area contributed by atoms with Crippen LogP contribution in [0, 0.1) is 18.6 Å². The van der Waals surface area contributed by atoms with Gasteiger partial charge in [-0.3, -0.25) is 4.79 Å². The van der Waals surface area contributed by atoms with E-state index in [-0.39, 0.29) is 5.56 Å². The van der Waals surface area contributed by atoms with Gasteiger partial charge in [0.1, 0.15) is 16.6 Å². The van der Waals surface area contributed by atoms with Gasteiger partial charge in [0, 0.05) is 40.7 Å². The summed E-state index contributed by atoms with van der Waals surface area (Å²) in [5.74, 6) is -1.38. The van der Waals surface area contributed by atoms with Crippen LogP contribution in [0.3, 0.4) is 0 Å². The highest BCUT2D eigenvalue weighted by molar-refractivity contribution is 7.88. The first-order valence-corrected chi connectivity index (χ1v) is 12.5. The Kier molecular flexibility index (Phi) is 5.80. The molecule has 2 atom stereocenters. The van der Waals surface area contributed by atoms with Crippen molar-refractivity contribution in [2.75, 3.05) is 6.26 Å². The first kappa shape index (κ1) is 21.8. The molecule has 4 rings (SSSR count). The number of fused-ring (bicyclic) bond motifs is 1. The van der Waals surface area contributed by atoms with Gasteiger partial charge in [0.25, 0.3) is 5.56 Å². The number of aromatic nitrogens is 2. The average Bonchev–Trinajstić information content (AvgIpc) is 3.13. The first-order chi connectivity index (χ1) is 14.6. The molecule has 0 fully saturated rings. The number of pyridine rings is 1. The smallest absolute Gasteiger partial charge is 0.253 e. The van der Waals surface area contributed by atoms with Crippen molar-refractivity contribution in [2.24, 2.45) is 0 Å². The summed E-state index contributed by atoms with van der Waals surface area (Å²) >= 11 is 1.24. The van der Waals surface area contributed by atoms with Gasteiger partial charge in [-0.25, -0.2) is 26.9 Å². The Balaban J connectivity index is 1.72. The quantitative estimate of drug-likeness (QED) is 0.628. The van der Waals surface area contributed by atoms with Crippen molar-refractivity contribution in [1.82, 2.24) is 14.3 Å². The molecule has 0 bridgehead atoms. The summed E-state index contributed by atoms with van der Waals surface area (Å²) in [6.07, 6.45) is 2.52. The summed E-state index contributed by atoms with van der Waals surface area (Å²) in [6.45, 7) is 1.72. The molecule has 0 radical (unpaired) electrons. The molecule has 31 heavy (non-hydrogen) atoms. The molecular formula is C21H21F2N3O3S2. The Labute approximate surface area is 182 Å². The summed E-state index contributed by atoms with van der Waals surface area (Å²) < 4.78 is 55.3. The Hall–Kier alpha value is -2.43. The molecule has 1 N–H and O–H groups in total. The number of aryl methyl sites for hydroxylation is 2. The number of rotatable bonds is 5. The third-order valence-corrected chi connectivity index (χ3v) is 7.01. The average molecular weight is 466 g/mol. The van der Waals surface area contributed by atoms with Gasteiger partial charge < -0.3 is 4.57 Å². The molecule has 1 aliphatic heterocycles. The zero-order valence-corrected chi connectivity index (χ0v) is 18.6. The fraction of sp³-hybridized carbons (Fsp3) is 0.333. The second-order valence-electron chi connectivity index (χ2n) is 7.79. The van der Waals surface area contributed by atoms with Gasteiger partial charge in [-0.05, 0) is 38.0 Å². The van der Waals surface area contributed by atoms with E-state index in [0.29, 0.717) is 41.1 Å². The number of nitrogens with zero attached hydrogens (tertiary/aromatic N) is 2. The van der Waals surface area contributed by atoms with Crippen LogP contribution in [0.4, 0.5) is 8.78 Å². The highest BCUT2D eigenvalue weighted by Crippen LogP contribution is 2.31. The van der Waals surface area contributed by atoms with Crippen molar-refractivity contribution in [1.29, 1.82) is 0 Å². The van der Waals surface area contributed by atoms with Crippen molar-refractivity contribution in [3.8, 4) is 10.6 Å². The minimum absolute atomic E-state index is 0.162. The van der Waals surface area contributed by atoms with E-state index in [4.69, 9.17) is 0 Å². The zero-order chi connectivity index (χ0) is 22.3. The van der Waals surface area contributed by atoms with E-state index in [0.717, 1.165) is 18.0 Å². The van der Waals surface area contributed by atoms with Gasteiger partial charge in [-0.1, -0.05) is 6.07 Å². The summed E-state index contributed by atoms with van der Waals surface area (Å²) in [5.41, 5.74) is 2.20. The maximum absolute atomic E-state index is 13.6. The van der Waals surface area contributed by atoms with Crippen molar-refractivity contribution < 1.29 is 17.2 Å². The molecule has 2 aromatic heterocycles. The largest absolute Gasteiger partial charge is 0.307 e. The molecule has 6 nitrogen and oxygen atoms in total. The summed E-state index contributed by atoms with van der Waals surface area (Å²) in [6, 6.07) is 5.95. The van der Waals surface area contributed by atoms with Crippen molar-refractivity contribution in [3.05, 3.63) is 74.7 Å². The monoisotopic (exact) mass is 465 g/mol. The highest BCUT2D eigenvalue weighted by Gasteiger charge is 2.33. The van der Waals surface area contributed by atoms with Crippen LogP contribution in [0.2, 0.25) is 0 Å². The molecule has 10 heteroatoms. The van der Waals surface area contributed by atoms with E-state index in [1.807, 2.05) is 6.07 Å². The first-order valence-electron chi connectivity index (χ1n) is 9.70. The number of hydrogen-bond acceptors (Lipinski definition) is 5. The molecular weight excluding hydrogens is 444 g/mol. The second-order valence-corrected chi connectivity index (χ2v) is 10.4. The van der Waals surface area contributed by atoms with Gasteiger partial charge >= 0.3 is 0 Å². The van der Waals surface area contributed by atoms with E-state index < -0.39 is 33.7 Å². The van der Waals surface area contributed by atoms with Crippen molar-refractivity contribution in [2.45, 2.75) is 38.3 Å². The fourth-order valence-electron chi connectivity index (χ4n) is 4.01. The van der Waals surface area contributed by atoms with Crippen LogP contribution in [0.15, 0.2) is 40.5 Å². The van der Waals surface area contributed by atoms with Gasteiger partial charge in [0.15, 0.2) is 0 Å². The number of sulfonamides is 1. The minimum Gasteiger partial charge on any atom is -0.307 e. The Morgan fingerprint density at radius 2 is 1.94 bits per heavy atom. The summed E-state index contributed by atoms with van der Waals surface area (Å²) in [4.78, 5) is 17.4. The van der Waals surface area contributed by atoms with E-state index in [2.05, 4.69) is 9.71 Å². The lowest BCUT2D eigenvalue weighted by Gasteiger charge is -2.35. The number of thiazole rings is 1. The molecule has 0 saturated heterocycles. The van der Waals surface area contributed by atoms with Gasteiger partial charge in [0.05, 0.1) is 18.0 Å². The predicted molar refractivity (Wildman–Crippen MR) is 116 cm³/mol. The lowest BCUT2D eigenvalue weighted by atomic mass is 9.93. The van der Waals surface area contributed by atoms with E-state index in [1.165, 1.54) is 23.5 Å². The fourth-order valence-corrected chi connectivity index (χ4v) is 5.65. The topological polar surface area (TPSA) is 81.1 Å². The molecule has 0 saturated carbocycles. The summed E-state index contributed by atoms with van der Waals surface area (Å²) in [7, 11) is -3.49. The van der Waals surface area contributed by atoms with Crippen LogP contribution < -0.4 is 10.3 Å². The molecule has 164 valence electrons. The summed E-state index contributed by atoms with van der Waals surface area (Å²) in [5, 5.41) is 2.22. The Bertz CT molecular complexity index is 1280. The molecule has 3 heterocycles. The lowest BCUT2D eigenvalue weighted by Crippen LogP contribution is -2.48. The maximum Gasteiger partial charge on any atom is 0.253 e. The Morgan fingerprint density at radius 3 is 2.61 bits per heavy atom. The van der Waals surface area contributed by atoms with Crippen LogP contribution in [0.1, 0.15) is 29.4 Å². The SMILES string of the molecule is Cc1ccc2n(c1=O)[C@@H](Cc1csc(-c3cc(F)cc(F)c3)n1)[C@@H](NS(C)(=O)=O)CC2. The predicted octanol–water partition coefficient (Wildman–Crippen LogP) is 3.21. The van der Waals surface area contributed by atoms with E-state index in [1.54, 1.807) is 22.9 Å². The number of hydrogen-bond donors (Lipinski definition) is 1. The number of benzene rings is 1. The third-order valence-electron chi connectivity index (χ3n) is 5.34. The highest BCUT2D eigenvalue weighted by atomic mass is 32.2. The second kappa shape index (κ2) is 8.25. The van der Waals surface area contributed by atoms with Gasteiger partial charge in [-0.15, -0.1) is 11.3 Å². The molecule has 0 spiro atoms.